The molecule has 0 radical (unpaired) electrons. The Bertz CT molecular complexity index is 424. The Hall–Kier alpha value is -0.770. The second kappa shape index (κ2) is 5.47. The molecule has 0 spiro atoms. The molecule has 2 N–H and O–H groups in total. The first-order valence-corrected chi connectivity index (χ1v) is 7.72. The van der Waals surface area contributed by atoms with E-state index in [0.29, 0.717) is 5.82 Å². The van der Waals surface area contributed by atoms with Gasteiger partial charge in [-0.2, -0.15) is 0 Å². The van der Waals surface area contributed by atoms with Crippen molar-refractivity contribution in [1.82, 2.24) is 9.97 Å². The first-order valence-electron chi connectivity index (χ1n) is 6.74. The quantitative estimate of drug-likeness (QED) is 0.833. The third-order valence-corrected chi connectivity index (χ3v) is 4.41. The van der Waals surface area contributed by atoms with E-state index >= 15 is 0 Å². The summed E-state index contributed by atoms with van der Waals surface area (Å²) in [5.41, 5.74) is 8.49. The first-order chi connectivity index (χ1) is 8.46. The first kappa shape index (κ1) is 13.7. The summed E-state index contributed by atoms with van der Waals surface area (Å²) < 4.78 is 0.241. The molecule has 3 nitrogen and oxygen atoms in total. The number of hydrogen-bond acceptors (Lipinski definition) is 4. The lowest BCUT2D eigenvalue weighted by Gasteiger charge is -2.17. The SMILES string of the molecule is CC(C)(C)SCc1nc(N)c2c(n1)CCCCC2. The molecule has 0 atom stereocenters. The third-order valence-electron chi connectivity index (χ3n) is 3.15. The fourth-order valence-electron chi connectivity index (χ4n) is 2.20. The maximum Gasteiger partial charge on any atom is 0.140 e. The molecule has 18 heavy (non-hydrogen) atoms. The van der Waals surface area contributed by atoms with Crippen molar-refractivity contribution in [2.75, 3.05) is 5.73 Å². The minimum Gasteiger partial charge on any atom is -0.383 e. The van der Waals surface area contributed by atoms with Crippen LogP contribution in [0.1, 0.15) is 57.1 Å². The van der Waals surface area contributed by atoms with Crippen molar-refractivity contribution in [1.29, 1.82) is 0 Å². The zero-order valence-electron chi connectivity index (χ0n) is 11.6. The molecule has 0 aromatic carbocycles. The summed E-state index contributed by atoms with van der Waals surface area (Å²) in [6.45, 7) is 6.64. The minimum absolute atomic E-state index is 0.241. The topological polar surface area (TPSA) is 51.8 Å². The van der Waals surface area contributed by atoms with Crippen LogP contribution in [-0.2, 0) is 18.6 Å². The number of nitrogens with zero attached hydrogens (tertiary/aromatic N) is 2. The van der Waals surface area contributed by atoms with Gasteiger partial charge in [0.1, 0.15) is 11.6 Å². The average Bonchev–Trinajstić information content (AvgIpc) is 2.51. The number of hydrogen-bond donors (Lipinski definition) is 1. The van der Waals surface area contributed by atoms with Crippen LogP contribution in [0.15, 0.2) is 0 Å². The Kier molecular flexibility index (Phi) is 4.15. The van der Waals surface area contributed by atoms with Crippen LogP contribution in [0.3, 0.4) is 0 Å². The monoisotopic (exact) mass is 265 g/mol. The van der Waals surface area contributed by atoms with Gasteiger partial charge in [0.25, 0.3) is 0 Å². The smallest absolute Gasteiger partial charge is 0.140 e. The van der Waals surface area contributed by atoms with E-state index in [1.165, 1.54) is 30.5 Å². The molecule has 0 saturated heterocycles. The zero-order valence-corrected chi connectivity index (χ0v) is 12.4. The highest BCUT2D eigenvalue weighted by Crippen LogP contribution is 2.28. The van der Waals surface area contributed by atoms with Gasteiger partial charge in [0.2, 0.25) is 0 Å². The van der Waals surface area contributed by atoms with Crippen molar-refractivity contribution in [3.05, 3.63) is 17.1 Å². The summed E-state index contributed by atoms with van der Waals surface area (Å²) in [5.74, 6) is 2.46. The molecule has 1 aliphatic carbocycles. The molecule has 1 aromatic rings. The Balaban J connectivity index is 2.18. The van der Waals surface area contributed by atoms with Gasteiger partial charge in [-0.15, -0.1) is 11.8 Å². The molecule has 1 aromatic heterocycles. The summed E-state index contributed by atoms with van der Waals surface area (Å²) in [6, 6.07) is 0. The molecule has 0 unspecified atom stereocenters. The molecule has 0 amide bonds. The molecule has 4 heteroatoms. The average molecular weight is 265 g/mol. The number of fused-ring (bicyclic) bond motifs is 1. The number of aromatic nitrogens is 2. The van der Waals surface area contributed by atoms with Crippen LogP contribution >= 0.6 is 11.8 Å². The van der Waals surface area contributed by atoms with E-state index in [1.54, 1.807) is 0 Å². The van der Waals surface area contributed by atoms with E-state index < -0.39 is 0 Å². The second-order valence-electron chi connectivity index (χ2n) is 5.91. The summed E-state index contributed by atoms with van der Waals surface area (Å²) in [5, 5.41) is 0. The number of nitrogen functional groups attached to an aromatic ring is 1. The van der Waals surface area contributed by atoms with Crippen LogP contribution in [0.5, 0.6) is 0 Å². The van der Waals surface area contributed by atoms with Gasteiger partial charge in [-0.05, 0) is 25.7 Å². The van der Waals surface area contributed by atoms with Crippen LogP contribution in [0.4, 0.5) is 5.82 Å². The number of aryl methyl sites for hydroxylation is 1. The van der Waals surface area contributed by atoms with Crippen LogP contribution in [-0.4, -0.2) is 14.7 Å². The van der Waals surface area contributed by atoms with E-state index in [4.69, 9.17) is 10.7 Å². The highest BCUT2D eigenvalue weighted by molar-refractivity contribution is 7.99. The molecule has 100 valence electrons. The highest BCUT2D eigenvalue weighted by atomic mass is 32.2. The van der Waals surface area contributed by atoms with Gasteiger partial charge >= 0.3 is 0 Å². The van der Waals surface area contributed by atoms with Crippen molar-refractivity contribution < 1.29 is 0 Å². The fraction of sp³-hybridized carbons (Fsp3) is 0.714. The summed E-state index contributed by atoms with van der Waals surface area (Å²) in [7, 11) is 0. The van der Waals surface area contributed by atoms with Crippen molar-refractivity contribution in [2.45, 2.75) is 63.4 Å². The maximum atomic E-state index is 6.09. The molecule has 0 aliphatic heterocycles. The predicted molar refractivity (Wildman–Crippen MR) is 78.8 cm³/mol. The fourth-order valence-corrected chi connectivity index (χ4v) is 2.89. The van der Waals surface area contributed by atoms with Gasteiger partial charge in [-0.3, -0.25) is 0 Å². The van der Waals surface area contributed by atoms with Crippen LogP contribution in [0.2, 0.25) is 0 Å². The van der Waals surface area contributed by atoms with Crippen LogP contribution < -0.4 is 5.73 Å². The summed E-state index contributed by atoms with van der Waals surface area (Å²) in [4.78, 5) is 9.20. The summed E-state index contributed by atoms with van der Waals surface area (Å²) >= 11 is 1.87. The van der Waals surface area contributed by atoms with E-state index in [1.807, 2.05) is 11.8 Å². The lowest BCUT2D eigenvalue weighted by atomic mass is 10.1. The Morgan fingerprint density at radius 3 is 2.56 bits per heavy atom. The molecule has 0 fully saturated rings. The number of thioether (sulfide) groups is 1. The molecule has 2 rings (SSSR count). The van der Waals surface area contributed by atoms with E-state index in [2.05, 4.69) is 25.8 Å². The molecule has 1 aliphatic rings. The lowest BCUT2D eigenvalue weighted by molar-refractivity contribution is 0.708. The van der Waals surface area contributed by atoms with Gasteiger partial charge in [0.05, 0.1) is 5.75 Å². The molecule has 0 saturated carbocycles. The lowest BCUT2D eigenvalue weighted by Crippen LogP contribution is -2.11. The van der Waals surface area contributed by atoms with Crippen molar-refractivity contribution >= 4 is 17.6 Å². The Labute approximate surface area is 114 Å². The van der Waals surface area contributed by atoms with E-state index in [0.717, 1.165) is 24.4 Å². The Morgan fingerprint density at radius 2 is 1.83 bits per heavy atom. The molecule has 0 bridgehead atoms. The standard InChI is InChI=1S/C14H23N3S/c1-14(2,3)18-9-12-16-11-8-6-4-5-7-10(11)13(15)17-12/h4-9H2,1-3H3,(H2,15,16,17). The van der Waals surface area contributed by atoms with Gasteiger partial charge in [-0.25, -0.2) is 9.97 Å². The minimum atomic E-state index is 0.241. The van der Waals surface area contributed by atoms with Gasteiger partial charge in [0, 0.05) is 16.0 Å². The Morgan fingerprint density at radius 1 is 1.11 bits per heavy atom. The van der Waals surface area contributed by atoms with Crippen molar-refractivity contribution in [2.24, 2.45) is 0 Å². The number of rotatable bonds is 2. The molecular weight excluding hydrogens is 242 g/mol. The van der Waals surface area contributed by atoms with Crippen LogP contribution in [0, 0.1) is 0 Å². The zero-order chi connectivity index (χ0) is 13.2. The van der Waals surface area contributed by atoms with Gasteiger partial charge < -0.3 is 5.73 Å². The molecular formula is C14H23N3S. The largest absolute Gasteiger partial charge is 0.383 e. The predicted octanol–water partition coefficient (Wildman–Crippen LogP) is 3.36. The van der Waals surface area contributed by atoms with Gasteiger partial charge in [-0.1, -0.05) is 27.2 Å². The summed E-state index contributed by atoms with van der Waals surface area (Å²) in [6.07, 6.45) is 5.84. The van der Waals surface area contributed by atoms with Crippen LogP contribution in [0.25, 0.3) is 0 Å². The number of anilines is 1. The van der Waals surface area contributed by atoms with Gasteiger partial charge in [0.15, 0.2) is 0 Å². The maximum absolute atomic E-state index is 6.09. The number of nitrogens with two attached hydrogens (primary N) is 1. The van der Waals surface area contributed by atoms with E-state index in [-0.39, 0.29) is 4.75 Å². The second-order valence-corrected chi connectivity index (χ2v) is 7.71. The highest BCUT2D eigenvalue weighted by Gasteiger charge is 2.17. The third kappa shape index (κ3) is 3.61. The van der Waals surface area contributed by atoms with Crippen molar-refractivity contribution in [3.63, 3.8) is 0 Å². The molecule has 1 heterocycles. The van der Waals surface area contributed by atoms with E-state index in [9.17, 15) is 0 Å². The van der Waals surface area contributed by atoms with Crippen molar-refractivity contribution in [3.8, 4) is 0 Å². The normalized spacial score (nSPS) is 16.2.